The minimum atomic E-state index is -0.548. The number of imidazole rings is 1. The van der Waals surface area contributed by atoms with Crippen molar-refractivity contribution in [2.24, 2.45) is 0 Å². The van der Waals surface area contributed by atoms with Gasteiger partial charge in [-0.25, -0.2) is 9.37 Å². The topological polar surface area (TPSA) is 41.1 Å². The highest BCUT2D eigenvalue weighted by Crippen LogP contribution is 2.23. The summed E-state index contributed by atoms with van der Waals surface area (Å²) in [5.41, 5.74) is 0.345. The molecule has 0 aliphatic heterocycles. The normalized spacial score (nSPS) is 10.4. The van der Waals surface area contributed by atoms with Crippen LogP contribution in [0.4, 0.5) is 4.39 Å². The molecule has 0 aliphatic carbocycles. The molecule has 2 aromatic rings. The third kappa shape index (κ3) is 1.22. The summed E-state index contributed by atoms with van der Waals surface area (Å²) < 4.78 is 14.2. The van der Waals surface area contributed by atoms with Crippen molar-refractivity contribution in [1.82, 2.24) is 9.38 Å². The summed E-state index contributed by atoms with van der Waals surface area (Å²) >= 11 is 11.4. The minimum Gasteiger partial charge on any atom is -0.286 e. The number of hydrogen-bond donors (Lipinski definition) is 0. The van der Waals surface area contributed by atoms with Crippen LogP contribution in [0.3, 0.4) is 0 Å². The van der Waals surface area contributed by atoms with Crippen molar-refractivity contribution in [3.05, 3.63) is 34.0 Å². The molecule has 0 saturated carbocycles. The van der Waals surface area contributed by atoms with Crippen molar-refractivity contribution in [2.45, 2.75) is 0 Å². The van der Waals surface area contributed by atoms with Crippen LogP contribution < -0.4 is 0 Å². The first-order chi connectivity index (χ1) is 6.63. The summed E-state index contributed by atoms with van der Waals surface area (Å²) in [6.45, 7) is 0. The first-order valence-corrected chi connectivity index (χ1v) is 4.32. The van der Waals surface area contributed by atoms with Gasteiger partial charge in [0.25, 0.3) is 0 Å². The lowest BCUT2D eigenvalue weighted by atomic mass is 10.4. The largest absolute Gasteiger partial charge is 0.286 e. The molecule has 6 heteroatoms. The fourth-order valence-corrected chi connectivity index (χ4v) is 1.60. The second-order valence-electron chi connectivity index (χ2n) is 2.56. The van der Waals surface area contributed by atoms with E-state index in [1.54, 1.807) is 0 Å². The molecule has 0 bridgehead atoms. The number of halogens is 3. The molecule has 0 saturated heterocycles. The van der Waals surface area contributed by atoms with E-state index in [0.717, 1.165) is 12.3 Å². The number of hydrogen-bond acceptors (Lipinski definition) is 2. The summed E-state index contributed by atoms with van der Waals surface area (Å²) in [6.07, 6.45) is 1.11. The van der Waals surface area contributed by atoms with Gasteiger partial charge >= 0.3 is 0 Å². The molecule has 0 spiro atoms. The molecule has 0 fully saturated rings. The molecular weight excluding hydrogens is 228 g/mol. The van der Waals surface area contributed by atoms with Crippen LogP contribution in [0, 0.1) is 17.1 Å². The van der Waals surface area contributed by atoms with Crippen molar-refractivity contribution in [3.63, 3.8) is 0 Å². The third-order valence-electron chi connectivity index (χ3n) is 1.71. The van der Waals surface area contributed by atoms with Crippen LogP contribution in [-0.2, 0) is 0 Å². The summed E-state index contributed by atoms with van der Waals surface area (Å²) in [6, 6.07) is 2.93. The van der Waals surface area contributed by atoms with Gasteiger partial charge in [-0.05, 0) is 6.07 Å². The van der Waals surface area contributed by atoms with Crippen LogP contribution in [0.15, 0.2) is 12.3 Å². The maximum absolute atomic E-state index is 12.9. The lowest BCUT2D eigenvalue weighted by Gasteiger charge is -1.96. The first-order valence-electron chi connectivity index (χ1n) is 3.56. The van der Waals surface area contributed by atoms with Gasteiger partial charge in [-0.1, -0.05) is 23.2 Å². The quantitative estimate of drug-likeness (QED) is 0.697. The molecule has 2 heterocycles. The molecule has 0 unspecified atom stereocenters. The predicted molar refractivity (Wildman–Crippen MR) is 49.9 cm³/mol. The van der Waals surface area contributed by atoms with Gasteiger partial charge in [0.1, 0.15) is 11.9 Å². The molecule has 70 valence electrons. The van der Waals surface area contributed by atoms with Gasteiger partial charge in [0.2, 0.25) is 0 Å². The predicted octanol–water partition coefficient (Wildman–Crippen LogP) is 2.65. The first kappa shape index (κ1) is 9.25. The molecule has 0 N–H and O–H groups in total. The second-order valence-corrected chi connectivity index (χ2v) is 3.33. The summed E-state index contributed by atoms with van der Waals surface area (Å²) in [7, 11) is 0. The molecule has 0 radical (unpaired) electrons. The van der Waals surface area contributed by atoms with Crippen molar-refractivity contribution < 1.29 is 4.39 Å². The Morgan fingerprint density at radius 1 is 1.50 bits per heavy atom. The van der Waals surface area contributed by atoms with E-state index in [9.17, 15) is 4.39 Å². The van der Waals surface area contributed by atoms with Gasteiger partial charge in [0.05, 0.1) is 5.02 Å². The smallest absolute Gasteiger partial charge is 0.166 e. The average Bonchev–Trinajstić information content (AvgIpc) is 2.41. The average molecular weight is 230 g/mol. The van der Waals surface area contributed by atoms with Gasteiger partial charge < -0.3 is 0 Å². The van der Waals surface area contributed by atoms with E-state index in [4.69, 9.17) is 28.5 Å². The van der Waals surface area contributed by atoms with E-state index in [1.807, 2.05) is 6.07 Å². The van der Waals surface area contributed by atoms with E-state index in [0.29, 0.717) is 0 Å². The minimum absolute atomic E-state index is 0.0139. The number of fused-ring (bicyclic) bond motifs is 1. The fourth-order valence-electron chi connectivity index (χ4n) is 1.15. The maximum Gasteiger partial charge on any atom is 0.166 e. The zero-order valence-electron chi connectivity index (χ0n) is 6.63. The summed E-state index contributed by atoms with van der Waals surface area (Å²) in [5, 5.41) is 8.86. The van der Waals surface area contributed by atoms with E-state index in [1.165, 1.54) is 4.40 Å². The van der Waals surface area contributed by atoms with Crippen molar-refractivity contribution in [3.8, 4) is 6.07 Å². The second kappa shape index (κ2) is 3.12. The van der Waals surface area contributed by atoms with Crippen LogP contribution >= 0.6 is 23.2 Å². The number of aromatic nitrogens is 2. The molecule has 3 nitrogen and oxygen atoms in total. The lowest BCUT2D eigenvalue weighted by molar-refractivity contribution is 0.619. The summed E-state index contributed by atoms with van der Waals surface area (Å²) in [4.78, 5) is 3.83. The zero-order chi connectivity index (χ0) is 10.3. The molecular formula is C8H2Cl2FN3. The highest BCUT2D eigenvalue weighted by atomic mass is 35.5. The van der Waals surface area contributed by atoms with Crippen LogP contribution in [0.25, 0.3) is 5.65 Å². The molecule has 0 aromatic carbocycles. The molecule has 2 aromatic heterocycles. The lowest BCUT2D eigenvalue weighted by Crippen LogP contribution is -1.90. The van der Waals surface area contributed by atoms with Crippen molar-refractivity contribution in [2.75, 3.05) is 0 Å². The van der Waals surface area contributed by atoms with Crippen LogP contribution in [-0.4, -0.2) is 9.38 Å². The van der Waals surface area contributed by atoms with E-state index >= 15 is 0 Å². The van der Waals surface area contributed by atoms with Gasteiger partial charge in [0.15, 0.2) is 16.5 Å². The van der Waals surface area contributed by atoms with E-state index < -0.39 is 5.82 Å². The SMILES string of the molecule is N#Cc1c(Cl)nc2c(Cl)cc(F)cn12. The number of rotatable bonds is 0. The third-order valence-corrected chi connectivity index (χ3v) is 2.25. The molecule has 0 atom stereocenters. The van der Waals surface area contributed by atoms with Gasteiger partial charge in [0, 0.05) is 6.20 Å². The maximum atomic E-state index is 12.9. The van der Waals surface area contributed by atoms with Gasteiger partial charge in [-0.15, -0.1) is 0 Å². The van der Waals surface area contributed by atoms with Crippen LogP contribution in [0.5, 0.6) is 0 Å². The molecule has 0 aliphatic rings. The Morgan fingerprint density at radius 3 is 2.86 bits per heavy atom. The van der Waals surface area contributed by atoms with Crippen molar-refractivity contribution in [1.29, 1.82) is 5.26 Å². The summed E-state index contributed by atoms with van der Waals surface area (Å²) in [5.74, 6) is -0.548. The van der Waals surface area contributed by atoms with Crippen molar-refractivity contribution >= 4 is 28.8 Å². The zero-order valence-corrected chi connectivity index (χ0v) is 8.14. The van der Waals surface area contributed by atoms with Crippen LogP contribution in [0.2, 0.25) is 10.2 Å². The fraction of sp³-hybridized carbons (Fsp3) is 0. The van der Waals surface area contributed by atoms with Gasteiger partial charge in [-0.2, -0.15) is 5.26 Å². The van der Waals surface area contributed by atoms with Crippen LogP contribution in [0.1, 0.15) is 5.69 Å². The Hall–Kier alpha value is -1.31. The number of nitriles is 1. The van der Waals surface area contributed by atoms with Gasteiger partial charge in [-0.3, -0.25) is 4.40 Å². The highest BCUT2D eigenvalue weighted by Gasteiger charge is 2.13. The Kier molecular flexibility index (Phi) is 2.06. The monoisotopic (exact) mass is 229 g/mol. The van der Waals surface area contributed by atoms with E-state index in [-0.39, 0.29) is 21.5 Å². The Bertz CT molecular complexity index is 556. The van der Waals surface area contributed by atoms with E-state index in [2.05, 4.69) is 4.98 Å². The number of nitrogens with zero attached hydrogens (tertiary/aromatic N) is 3. The standard InChI is InChI=1S/C8H2Cl2FN3/c9-5-1-4(11)3-14-6(2-12)7(10)13-8(5)14/h1,3H. The molecule has 0 amide bonds. The Morgan fingerprint density at radius 2 is 2.21 bits per heavy atom. The molecule has 14 heavy (non-hydrogen) atoms. The number of pyridine rings is 1. The Balaban J connectivity index is 2.97. The molecule has 2 rings (SSSR count). The highest BCUT2D eigenvalue weighted by molar-refractivity contribution is 6.34. The Labute approximate surface area is 88.3 Å².